The van der Waals surface area contributed by atoms with Crippen LogP contribution in [0.3, 0.4) is 0 Å². The highest BCUT2D eigenvalue weighted by atomic mass is 79.9. The lowest BCUT2D eigenvalue weighted by atomic mass is 10.0. The van der Waals surface area contributed by atoms with Crippen LogP contribution in [-0.2, 0) is 0 Å². The zero-order valence-corrected chi connectivity index (χ0v) is 12.7. The van der Waals surface area contributed by atoms with Gasteiger partial charge in [0.25, 0.3) is 0 Å². The molecule has 2 aromatic rings. The molecule has 1 unspecified atom stereocenters. The van der Waals surface area contributed by atoms with E-state index in [9.17, 15) is 0 Å². The first-order valence-corrected chi connectivity index (χ1v) is 7.59. The Balaban J connectivity index is 2.40. The number of hydrogen-bond donors (Lipinski definition) is 1. The van der Waals surface area contributed by atoms with Gasteiger partial charge in [-0.2, -0.15) is 0 Å². The molecule has 0 bridgehead atoms. The molecule has 2 aromatic heterocycles. The molecule has 1 N–H and O–H groups in total. The maximum absolute atomic E-state index is 3.52. The summed E-state index contributed by atoms with van der Waals surface area (Å²) in [6.45, 7) is 4.36. The Morgan fingerprint density at radius 3 is 2.50 bits per heavy atom. The van der Waals surface area contributed by atoms with Gasteiger partial charge in [-0.3, -0.25) is 0 Å². The third kappa shape index (κ3) is 2.40. The van der Waals surface area contributed by atoms with Gasteiger partial charge >= 0.3 is 0 Å². The second kappa shape index (κ2) is 5.00. The standard InChI is InChI=1S/C12H14BrNS2/c1-7-4-10(8(2)16-7)12(14-3)9-5-11(13)15-6-9/h4-6,12,14H,1-3H3. The number of hydrogen-bond acceptors (Lipinski definition) is 3. The molecule has 0 aliphatic heterocycles. The average Bonchev–Trinajstić information content (AvgIpc) is 2.76. The Kier molecular flexibility index (Phi) is 3.85. The summed E-state index contributed by atoms with van der Waals surface area (Å²) in [4.78, 5) is 2.78. The van der Waals surface area contributed by atoms with Crippen molar-refractivity contribution in [3.63, 3.8) is 0 Å². The van der Waals surface area contributed by atoms with E-state index in [0.29, 0.717) is 6.04 Å². The maximum atomic E-state index is 3.52. The molecule has 86 valence electrons. The minimum Gasteiger partial charge on any atom is -0.309 e. The molecule has 0 radical (unpaired) electrons. The lowest BCUT2D eigenvalue weighted by Crippen LogP contribution is -2.17. The van der Waals surface area contributed by atoms with Crippen LogP contribution in [-0.4, -0.2) is 7.05 Å². The zero-order valence-electron chi connectivity index (χ0n) is 9.50. The van der Waals surface area contributed by atoms with E-state index in [-0.39, 0.29) is 0 Å². The molecule has 0 aromatic carbocycles. The molecule has 1 atom stereocenters. The smallest absolute Gasteiger partial charge is 0.0701 e. The molecule has 0 aliphatic rings. The molecule has 0 fully saturated rings. The third-order valence-electron chi connectivity index (χ3n) is 2.60. The molecule has 0 amide bonds. The number of rotatable bonds is 3. The van der Waals surface area contributed by atoms with Crippen LogP contribution in [0.2, 0.25) is 0 Å². The van der Waals surface area contributed by atoms with Crippen LogP contribution in [0.4, 0.5) is 0 Å². The summed E-state index contributed by atoms with van der Waals surface area (Å²) in [7, 11) is 2.02. The molecular formula is C12H14BrNS2. The monoisotopic (exact) mass is 315 g/mol. The minimum absolute atomic E-state index is 0.312. The van der Waals surface area contributed by atoms with Crippen LogP contribution in [0, 0.1) is 13.8 Å². The highest BCUT2D eigenvalue weighted by Gasteiger charge is 2.17. The van der Waals surface area contributed by atoms with E-state index in [1.165, 1.54) is 24.7 Å². The molecule has 0 spiro atoms. The first-order valence-electron chi connectivity index (χ1n) is 5.10. The first kappa shape index (κ1) is 12.3. The largest absolute Gasteiger partial charge is 0.309 e. The van der Waals surface area contributed by atoms with E-state index < -0.39 is 0 Å². The van der Waals surface area contributed by atoms with Gasteiger partial charge in [0.15, 0.2) is 0 Å². The molecule has 0 aliphatic carbocycles. The van der Waals surface area contributed by atoms with Crippen LogP contribution >= 0.6 is 38.6 Å². The fourth-order valence-electron chi connectivity index (χ4n) is 1.91. The Morgan fingerprint density at radius 1 is 1.31 bits per heavy atom. The van der Waals surface area contributed by atoms with Gasteiger partial charge < -0.3 is 5.32 Å². The van der Waals surface area contributed by atoms with E-state index in [2.05, 4.69) is 52.6 Å². The maximum Gasteiger partial charge on any atom is 0.0701 e. The highest BCUT2D eigenvalue weighted by molar-refractivity contribution is 9.11. The van der Waals surface area contributed by atoms with Crippen molar-refractivity contribution in [3.8, 4) is 0 Å². The number of nitrogens with one attached hydrogen (secondary N) is 1. The molecule has 0 saturated heterocycles. The summed E-state index contributed by atoms with van der Waals surface area (Å²) in [6.07, 6.45) is 0. The summed E-state index contributed by atoms with van der Waals surface area (Å²) >= 11 is 7.12. The lowest BCUT2D eigenvalue weighted by Gasteiger charge is -2.14. The van der Waals surface area contributed by atoms with Crippen LogP contribution in [0.1, 0.15) is 26.9 Å². The SMILES string of the molecule is CNC(c1csc(Br)c1)c1cc(C)sc1C. The fraction of sp³-hybridized carbons (Fsp3) is 0.333. The van der Waals surface area contributed by atoms with Gasteiger partial charge in [0, 0.05) is 9.75 Å². The van der Waals surface area contributed by atoms with E-state index in [0.717, 1.165) is 0 Å². The topological polar surface area (TPSA) is 12.0 Å². The fourth-order valence-corrected chi connectivity index (χ4v) is 4.08. The van der Waals surface area contributed by atoms with Gasteiger partial charge in [0.2, 0.25) is 0 Å². The number of halogens is 1. The van der Waals surface area contributed by atoms with Crippen molar-refractivity contribution in [1.82, 2.24) is 5.32 Å². The van der Waals surface area contributed by atoms with Crippen LogP contribution in [0.15, 0.2) is 21.3 Å². The van der Waals surface area contributed by atoms with Crippen molar-refractivity contribution < 1.29 is 0 Å². The van der Waals surface area contributed by atoms with Crippen molar-refractivity contribution >= 4 is 38.6 Å². The Bertz CT molecular complexity index is 487. The van der Waals surface area contributed by atoms with Crippen molar-refractivity contribution in [2.24, 2.45) is 0 Å². The number of aryl methyl sites for hydroxylation is 2. The predicted molar refractivity (Wildman–Crippen MR) is 76.7 cm³/mol. The number of thiophene rings is 2. The van der Waals surface area contributed by atoms with Gasteiger partial charge in [-0.25, -0.2) is 0 Å². The van der Waals surface area contributed by atoms with E-state index in [1.807, 2.05) is 18.4 Å². The van der Waals surface area contributed by atoms with Crippen LogP contribution in [0.5, 0.6) is 0 Å². The molecule has 0 saturated carbocycles. The second-order valence-corrected chi connectivity index (χ2v) is 7.53. The first-order chi connectivity index (χ1) is 7.61. The van der Waals surface area contributed by atoms with Gasteiger partial charge in [-0.05, 0) is 65.5 Å². The van der Waals surface area contributed by atoms with Crippen molar-refractivity contribution in [3.05, 3.63) is 42.2 Å². The molecular weight excluding hydrogens is 302 g/mol. The van der Waals surface area contributed by atoms with Gasteiger partial charge in [0.1, 0.15) is 0 Å². The van der Waals surface area contributed by atoms with E-state index >= 15 is 0 Å². The Hall–Kier alpha value is -0.160. The summed E-state index contributed by atoms with van der Waals surface area (Å²) in [5, 5.41) is 5.60. The predicted octanol–water partition coefficient (Wildman–Crippen LogP) is 4.50. The minimum atomic E-state index is 0.312. The average molecular weight is 316 g/mol. The quantitative estimate of drug-likeness (QED) is 0.879. The van der Waals surface area contributed by atoms with Crippen LogP contribution in [0.25, 0.3) is 0 Å². The Morgan fingerprint density at radius 2 is 2.06 bits per heavy atom. The second-order valence-electron chi connectivity index (χ2n) is 3.77. The Labute approximate surface area is 113 Å². The van der Waals surface area contributed by atoms with Crippen molar-refractivity contribution in [2.75, 3.05) is 7.05 Å². The molecule has 1 nitrogen and oxygen atoms in total. The molecule has 4 heteroatoms. The highest BCUT2D eigenvalue weighted by Crippen LogP contribution is 2.33. The molecule has 2 heterocycles. The lowest BCUT2D eigenvalue weighted by molar-refractivity contribution is 0.693. The van der Waals surface area contributed by atoms with Crippen molar-refractivity contribution in [1.29, 1.82) is 0 Å². The normalized spacial score (nSPS) is 13.0. The summed E-state index contributed by atoms with van der Waals surface area (Å²) in [5.74, 6) is 0. The summed E-state index contributed by atoms with van der Waals surface area (Å²) in [6, 6.07) is 4.79. The zero-order chi connectivity index (χ0) is 11.7. The van der Waals surface area contributed by atoms with E-state index in [1.54, 1.807) is 11.3 Å². The molecule has 16 heavy (non-hydrogen) atoms. The van der Waals surface area contributed by atoms with Gasteiger partial charge in [-0.15, -0.1) is 22.7 Å². The van der Waals surface area contributed by atoms with Gasteiger partial charge in [0.05, 0.1) is 9.83 Å². The summed E-state index contributed by atoms with van der Waals surface area (Å²) < 4.78 is 1.19. The molecule has 2 rings (SSSR count). The van der Waals surface area contributed by atoms with Gasteiger partial charge in [-0.1, -0.05) is 0 Å². The van der Waals surface area contributed by atoms with Crippen molar-refractivity contribution in [2.45, 2.75) is 19.9 Å². The van der Waals surface area contributed by atoms with E-state index in [4.69, 9.17) is 0 Å². The third-order valence-corrected chi connectivity index (χ3v) is 5.10. The summed E-state index contributed by atoms with van der Waals surface area (Å²) in [5.41, 5.74) is 2.73. The van der Waals surface area contributed by atoms with Crippen LogP contribution < -0.4 is 5.32 Å².